The summed E-state index contributed by atoms with van der Waals surface area (Å²) in [6.45, 7) is 0.976. The monoisotopic (exact) mass is 356 g/mol. The number of amides is 2. The Hall–Kier alpha value is -3.09. The van der Waals surface area contributed by atoms with Gasteiger partial charge in [0, 0.05) is 17.4 Å². The van der Waals surface area contributed by atoms with Crippen LogP contribution >= 0.6 is 0 Å². The molecule has 134 valence electrons. The number of anilines is 2. The van der Waals surface area contributed by atoms with Crippen molar-refractivity contribution in [1.29, 1.82) is 0 Å². The van der Waals surface area contributed by atoms with Crippen LogP contribution in [0.15, 0.2) is 42.5 Å². The normalized spacial score (nSPS) is 20.2. The Balaban J connectivity index is 1.33. The molecule has 26 heavy (non-hydrogen) atoms. The van der Waals surface area contributed by atoms with E-state index >= 15 is 0 Å². The van der Waals surface area contributed by atoms with Crippen molar-refractivity contribution < 1.29 is 23.5 Å². The molecule has 0 radical (unpaired) electrons. The first-order chi connectivity index (χ1) is 12.6. The van der Waals surface area contributed by atoms with Gasteiger partial charge in [-0.3, -0.25) is 9.59 Å². The zero-order valence-electron chi connectivity index (χ0n) is 13.8. The quantitative estimate of drug-likeness (QED) is 0.883. The summed E-state index contributed by atoms with van der Waals surface area (Å²) in [5.41, 5.74) is 1.11. The van der Waals surface area contributed by atoms with Crippen LogP contribution < -0.4 is 20.1 Å². The van der Waals surface area contributed by atoms with Crippen LogP contribution in [0.4, 0.5) is 15.8 Å². The number of halogens is 1. The molecule has 1 saturated carbocycles. The molecule has 2 unspecified atom stereocenters. The smallest absolute Gasteiger partial charge is 0.228 e. The summed E-state index contributed by atoms with van der Waals surface area (Å²) in [5, 5.41) is 5.50. The third-order valence-corrected chi connectivity index (χ3v) is 4.39. The standard InChI is InChI=1S/C19H17FN2O4/c20-11-1-3-12(4-2-11)21-18(23)14-10-15(14)19(24)22-13-5-6-16-17(9-13)26-8-7-25-16/h1-6,9,14-15H,7-8,10H2,(H,21,23)(H,22,24). The van der Waals surface area contributed by atoms with Gasteiger partial charge in [-0.15, -0.1) is 0 Å². The van der Waals surface area contributed by atoms with Crippen molar-refractivity contribution in [3.8, 4) is 11.5 Å². The van der Waals surface area contributed by atoms with Crippen molar-refractivity contribution in [3.05, 3.63) is 48.3 Å². The lowest BCUT2D eigenvalue weighted by Gasteiger charge is -2.19. The largest absolute Gasteiger partial charge is 0.486 e. The van der Waals surface area contributed by atoms with Gasteiger partial charge >= 0.3 is 0 Å². The number of hydrogen-bond acceptors (Lipinski definition) is 4. The molecule has 2 atom stereocenters. The topological polar surface area (TPSA) is 76.7 Å². The highest BCUT2D eigenvalue weighted by molar-refractivity contribution is 6.03. The lowest BCUT2D eigenvalue weighted by atomic mass is 10.2. The van der Waals surface area contributed by atoms with E-state index in [2.05, 4.69) is 10.6 Å². The van der Waals surface area contributed by atoms with Gasteiger partial charge < -0.3 is 20.1 Å². The fourth-order valence-electron chi connectivity index (χ4n) is 2.90. The van der Waals surface area contributed by atoms with E-state index in [-0.39, 0.29) is 29.5 Å². The first-order valence-electron chi connectivity index (χ1n) is 8.37. The molecule has 1 heterocycles. The van der Waals surface area contributed by atoms with Crippen LogP contribution in [-0.2, 0) is 9.59 Å². The highest BCUT2D eigenvalue weighted by atomic mass is 19.1. The van der Waals surface area contributed by atoms with Gasteiger partial charge in [-0.2, -0.15) is 0 Å². The fraction of sp³-hybridized carbons (Fsp3) is 0.263. The van der Waals surface area contributed by atoms with Gasteiger partial charge in [0.05, 0.1) is 11.8 Å². The molecule has 1 fully saturated rings. The number of carbonyl (C=O) groups is 2. The second kappa shape index (κ2) is 6.67. The molecule has 1 aliphatic heterocycles. The van der Waals surface area contributed by atoms with Crippen molar-refractivity contribution in [2.45, 2.75) is 6.42 Å². The van der Waals surface area contributed by atoms with Gasteiger partial charge in [-0.05, 0) is 42.8 Å². The summed E-state index contributed by atoms with van der Waals surface area (Å²) < 4.78 is 23.8. The van der Waals surface area contributed by atoms with Crippen molar-refractivity contribution in [2.75, 3.05) is 23.8 Å². The first-order valence-corrected chi connectivity index (χ1v) is 8.37. The summed E-state index contributed by atoms with van der Waals surface area (Å²) in [7, 11) is 0. The third kappa shape index (κ3) is 3.46. The average Bonchev–Trinajstić information content (AvgIpc) is 3.45. The van der Waals surface area contributed by atoms with Crippen molar-refractivity contribution in [1.82, 2.24) is 0 Å². The number of benzene rings is 2. The van der Waals surface area contributed by atoms with Gasteiger partial charge in [0.2, 0.25) is 11.8 Å². The van der Waals surface area contributed by atoms with Crippen molar-refractivity contribution >= 4 is 23.2 Å². The molecule has 0 spiro atoms. The summed E-state index contributed by atoms with van der Waals surface area (Å²) in [4.78, 5) is 24.5. The van der Waals surface area contributed by atoms with Crippen LogP contribution in [0.5, 0.6) is 11.5 Å². The molecule has 2 aromatic rings. The van der Waals surface area contributed by atoms with Crippen LogP contribution in [0.2, 0.25) is 0 Å². The number of fused-ring (bicyclic) bond motifs is 1. The number of carbonyl (C=O) groups excluding carboxylic acids is 2. The maximum atomic E-state index is 12.9. The summed E-state index contributed by atoms with van der Waals surface area (Å²) in [5.74, 6) is -0.320. The zero-order chi connectivity index (χ0) is 18.1. The minimum Gasteiger partial charge on any atom is -0.486 e. The Labute approximate surface area is 149 Å². The SMILES string of the molecule is O=C(Nc1ccc(F)cc1)C1CC1C(=O)Nc1ccc2c(c1)OCCO2. The molecule has 0 saturated heterocycles. The number of hydrogen-bond donors (Lipinski definition) is 2. The Morgan fingerprint density at radius 3 is 2.12 bits per heavy atom. The second-order valence-electron chi connectivity index (χ2n) is 6.29. The van der Waals surface area contributed by atoms with E-state index in [0.717, 1.165) is 0 Å². The van der Waals surface area contributed by atoms with E-state index in [1.807, 2.05) is 0 Å². The highest BCUT2D eigenvalue weighted by Crippen LogP contribution is 2.41. The molecule has 0 aromatic heterocycles. The van der Waals surface area contributed by atoms with Crippen LogP contribution in [0.25, 0.3) is 0 Å². The first kappa shape index (κ1) is 16.4. The average molecular weight is 356 g/mol. The third-order valence-electron chi connectivity index (χ3n) is 4.39. The fourth-order valence-corrected chi connectivity index (χ4v) is 2.90. The summed E-state index contributed by atoms with van der Waals surface area (Å²) >= 11 is 0. The van der Waals surface area contributed by atoms with E-state index in [1.165, 1.54) is 24.3 Å². The van der Waals surface area contributed by atoms with E-state index in [0.29, 0.717) is 42.5 Å². The van der Waals surface area contributed by atoms with E-state index in [4.69, 9.17) is 9.47 Å². The number of rotatable bonds is 4. The van der Waals surface area contributed by atoms with E-state index in [9.17, 15) is 14.0 Å². The van der Waals surface area contributed by atoms with Crippen LogP contribution in [0.1, 0.15) is 6.42 Å². The lowest BCUT2D eigenvalue weighted by Crippen LogP contribution is -2.21. The van der Waals surface area contributed by atoms with Crippen molar-refractivity contribution in [3.63, 3.8) is 0 Å². The maximum absolute atomic E-state index is 12.9. The molecule has 4 rings (SSSR count). The van der Waals surface area contributed by atoms with Crippen LogP contribution in [0, 0.1) is 17.7 Å². The van der Waals surface area contributed by atoms with E-state index in [1.54, 1.807) is 18.2 Å². The predicted octanol–water partition coefficient (Wildman–Crippen LogP) is 2.81. The van der Waals surface area contributed by atoms with E-state index < -0.39 is 0 Å². The molecule has 2 amide bonds. The number of nitrogens with one attached hydrogen (secondary N) is 2. The summed E-state index contributed by atoms with van der Waals surface area (Å²) in [6, 6.07) is 10.7. The Morgan fingerprint density at radius 2 is 1.42 bits per heavy atom. The minimum absolute atomic E-state index is 0.207. The second-order valence-corrected chi connectivity index (χ2v) is 6.29. The van der Waals surface area contributed by atoms with Gasteiger partial charge in [-0.25, -0.2) is 4.39 Å². The van der Waals surface area contributed by atoms with Gasteiger partial charge in [0.15, 0.2) is 11.5 Å². The maximum Gasteiger partial charge on any atom is 0.228 e. The van der Waals surface area contributed by atoms with Gasteiger partial charge in [-0.1, -0.05) is 0 Å². The van der Waals surface area contributed by atoms with Crippen LogP contribution in [0.3, 0.4) is 0 Å². The lowest BCUT2D eigenvalue weighted by molar-refractivity contribution is -0.122. The van der Waals surface area contributed by atoms with Crippen molar-refractivity contribution in [2.24, 2.45) is 11.8 Å². The highest BCUT2D eigenvalue weighted by Gasteiger charge is 2.48. The van der Waals surface area contributed by atoms with Crippen LogP contribution in [-0.4, -0.2) is 25.0 Å². The minimum atomic E-state index is -0.378. The Kier molecular flexibility index (Phi) is 4.20. The molecule has 7 heteroatoms. The van der Waals surface area contributed by atoms with Gasteiger partial charge in [0.1, 0.15) is 19.0 Å². The van der Waals surface area contributed by atoms with Gasteiger partial charge in [0.25, 0.3) is 0 Å². The molecular weight excluding hydrogens is 339 g/mol. The Morgan fingerprint density at radius 1 is 0.846 bits per heavy atom. The molecule has 2 aromatic carbocycles. The molecule has 2 N–H and O–H groups in total. The molecule has 2 aliphatic rings. The molecule has 6 nitrogen and oxygen atoms in total. The zero-order valence-corrected chi connectivity index (χ0v) is 13.8. The summed E-state index contributed by atoms with van der Waals surface area (Å²) in [6.07, 6.45) is 0.489. The molecule has 0 bridgehead atoms. The number of ether oxygens (including phenoxy) is 2. The Bertz CT molecular complexity index is 853. The molecular formula is C19H17FN2O4. The predicted molar refractivity (Wildman–Crippen MR) is 92.7 cm³/mol. The molecule has 1 aliphatic carbocycles.